The van der Waals surface area contributed by atoms with Gasteiger partial charge >= 0.3 is 6.18 Å². The first kappa shape index (κ1) is 26.8. The van der Waals surface area contributed by atoms with E-state index >= 15 is 0 Å². The van der Waals surface area contributed by atoms with Gasteiger partial charge in [0.05, 0.1) is 11.3 Å². The predicted molar refractivity (Wildman–Crippen MR) is 143 cm³/mol. The molecule has 3 aliphatic heterocycles. The standard InChI is InChI=1S/C29H32F3N5O2/c1-3-18(17-36-14-5-8-23(36)38)27-35-24(25-26(33)34-13-15-37(25)27)19-9-11-20(12-10-19)28(2,39)21-6-4-7-22(16-21)29(30,31)32/h4,6-7,9-13,15-16,18,27,35,39H,3,5,8,14,17H2,1-2H3,(H2,33,34)/t18?,27?,28-/m0/s1. The Bertz CT molecular complexity index is 1350. The zero-order chi connectivity index (χ0) is 27.9. The van der Waals surface area contributed by atoms with Crippen LogP contribution in [-0.2, 0) is 16.6 Å². The maximum absolute atomic E-state index is 13.3. The molecular weight excluding hydrogens is 507 g/mol. The molecule has 39 heavy (non-hydrogen) atoms. The minimum atomic E-state index is -4.51. The van der Waals surface area contributed by atoms with Crippen LogP contribution in [0.1, 0.15) is 55.4 Å². The van der Waals surface area contributed by atoms with E-state index in [0.29, 0.717) is 24.4 Å². The summed E-state index contributed by atoms with van der Waals surface area (Å²) in [5.74, 6) is 0.657. The molecular formula is C29H32F3N5O2. The van der Waals surface area contributed by atoms with E-state index in [2.05, 4.69) is 22.1 Å². The number of hydrogen-bond donors (Lipinski definition) is 3. The summed E-state index contributed by atoms with van der Waals surface area (Å²) in [6.07, 6.45) is 1.17. The molecule has 0 saturated carbocycles. The Morgan fingerprint density at radius 1 is 1.15 bits per heavy atom. The molecule has 2 unspecified atom stereocenters. The molecule has 7 nitrogen and oxygen atoms in total. The normalized spacial score (nSPS) is 21.5. The SMILES string of the molecule is CCC(CN1CCCC1=O)C1NC(c2ccc([C@](C)(O)c3cccc(C(F)(F)F)c3)cc2)=C2C(N)=NC=CN21. The first-order valence-electron chi connectivity index (χ1n) is 13.1. The average molecular weight is 540 g/mol. The quantitative estimate of drug-likeness (QED) is 0.487. The number of fused-ring (bicyclic) bond motifs is 1. The average Bonchev–Trinajstić information content (AvgIpc) is 3.51. The third-order valence-electron chi connectivity index (χ3n) is 7.86. The van der Waals surface area contributed by atoms with Crippen molar-refractivity contribution in [3.63, 3.8) is 0 Å². The minimum Gasteiger partial charge on any atom is -0.382 e. The van der Waals surface area contributed by atoms with Crippen LogP contribution in [0.5, 0.6) is 0 Å². The van der Waals surface area contributed by atoms with Crippen LogP contribution in [-0.4, -0.2) is 45.9 Å². The van der Waals surface area contributed by atoms with Crippen molar-refractivity contribution >= 4 is 17.4 Å². The Morgan fingerprint density at radius 3 is 2.51 bits per heavy atom. The number of rotatable bonds is 7. The van der Waals surface area contributed by atoms with Crippen LogP contribution in [0.2, 0.25) is 0 Å². The van der Waals surface area contributed by atoms with Crippen LogP contribution in [0.25, 0.3) is 5.70 Å². The van der Waals surface area contributed by atoms with E-state index in [1.54, 1.807) is 18.3 Å². The summed E-state index contributed by atoms with van der Waals surface area (Å²) < 4.78 is 39.8. The number of amidine groups is 1. The van der Waals surface area contributed by atoms with E-state index < -0.39 is 17.3 Å². The van der Waals surface area contributed by atoms with E-state index in [9.17, 15) is 23.1 Å². The van der Waals surface area contributed by atoms with Crippen LogP contribution in [0.15, 0.2) is 71.6 Å². The Balaban J connectivity index is 1.43. The molecule has 10 heteroatoms. The number of nitrogens with zero attached hydrogens (tertiary/aromatic N) is 3. The van der Waals surface area contributed by atoms with E-state index in [0.717, 1.165) is 48.5 Å². The van der Waals surface area contributed by atoms with Gasteiger partial charge in [-0.1, -0.05) is 43.3 Å². The number of halogens is 3. The van der Waals surface area contributed by atoms with E-state index in [1.807, 2.05) is 23.2 Å². The Hall–Kier alpha value is -3.79. The fourth-order valence-electron chi connectivity index (χ4n) is 5.55. The number of likely N-dealkylation sites (tertiary alicyclic amines) is 1. The summed E-state index contributed by atoms with van der Waals surface area (Å²) >= 11 is 0. The lowest BCUT2D eigenvalue weighted by atomic mass is 9.86. The molecule has 0 spiro atoms. The smallest absolute Gasteiger partial charge is 0.382 e. The zero-order valence-corrected chi connectivity index (χ0v) is 21.9. The van der Waals surface area contributed by atoms with Gasteiger partial charge in [-0.3, -0.25) is 4.79 Å². The van der Waals surface area contributed by atoms with Gasteiger partial charge in [-0.2, -0.15) is 13.2 Å². The van der Waals surface area contributed by atoms with Gasteiger partial charge < -0.3 is 26.0 Å². The number of aliphatic hydroxyl groups is 1. The van der Waals surface area contributed by atoms with Gasteiger partial charge in [0.15, 0.2) is 0 Å². The number of hydrogen-bond acceptors (Lipinski definition) is 6. The molecule has 4 N–H and O–H groups in total. The van der Waals surface area contributed by atoms with Crippen LogP contribution in [0.4, 0.5) is 13.2 Å². The minimum absolute atomic E-state index is 0.121. The number of benzene rings is 2. The lowest BCUT2D eigenvalue weighted by molar-refractivity contribution is -0.137. The predicted octanol–water partition coefficient (Wildman–Crippen LogP) is 4.35. The maximum Gasteiger partial charge on any atom is 0.416 e. The first-order chi connectivity index (χ1) is 18.5. The second-order valence-electron chi connectivity index (χ2n) is 10.4. The Labute approximate surface area is 225 Å². The van der Waals surface area contributed by atoms with Crippen molar-refractivity contribution in [2.24, 2.45) is 16.6 Å². The molecule has 3 atom stereocenters. The topological polar surface area (TPSA) is 94.2 Å². The van der Waals surface area contributed by atoms with Crippen molar-refractivity contribution in [2.75, 3.05) is 13.1 Å². The summed E-state index contributed by atoms with van der Waals surface area (Å²) in [4.78, 5) is 20.6. The molecule has 2 aromatic carbocycles. The van der Waals surface area contributed by atoms with E-state index in [-0.39, 0.29) is 23.6 Å². The van der Waals surface area contributed by atoms with E-state index in [4.69, 9.17) is 5.73 Å². The largest absolute Gasteiger partial charge is 0.416 e. The van der Waals surface area contributed by atoms with Gasteiger partial charge in [-0.15, -0.1) is 0 Å². The zero-order valence-electron chi connectivity index (χ0n) is 21.9. The molecule has 0 radical (unpaired) electrons. The highest BCUT2D eigenvalue weighted by Crippen LogP contribution is 2.37. The second kappa shape index (κ2) is 10.1. The first-order valence-corrected chi connectivity index (χ1v) is 13.1. The van der Waals surface area contributed by atoms with Gasteiger partial charge in [0.25, 0.3) is 0 Å². The third kappa shape index (κ3) is 5.01. The number of alkyl halides is 3. The molecule has 0 aromatic heterocycles. The lowest BCUT2D eigenvalue weighted by Gasteiger charge is -2.34. The van der Waals surface area contributed by atoms with Crippen LogP contribution in [0.3, 0.4) is 0 Å². The van der Waals surface area contributed by atoms with Crippen LogP contribution in [0, 0.1) is 5.92 Å². The molecule has 0 bridgehead atoms. The highest BCUT2D eigenvalue weighted by molar-refractivity contribution is 6.05. The van der Waals surface area contributed by atoms with Crippen molar-refractivity contribution in [1.82, 2.24) is 15.1 Å². The van der Waals surface area contributed by atoms with Crippen molar-refractivity contribution in [3.8, 4) is 0 Å². The number of carbonyl (C=O) groups excluding carboxylic acids is 1. The van der Waals surface area contributed by atoms with Gasteiger partial charge in [0.2, 0.25) is 5.91 Å². The molecule has 2 aromatic rings. The second-order valence-corrected chi connectivity index (χ2v) is 10.4. The maximum atomic E-state index is 13.3. The van der Waals surface area contributed by atoms with Crippen molar-refractivity contribution in [2.45, 2.75) is 51.1 Å². The van der Waals surface area contributed by atoms with Gasteiger partial charge in [0.1, 0.15) is 23.3 Å². The highest BCUT2D eigenvalue weighted by atomic mass is 19.4. The Morgan fingerprint density at radius 2 is 1.87 bits per heavy atom. The molecule has 5 rings (SSSR count). The fraction of sp³-hybridized carbons (Fsp3) is 0.379. The molecule has 206 valence electrons. The molecule has 3 heterocycles. The van der Waals surface area contributed by atoms with Crippen LogP contribution >= 0.6 is 0 Å². The van der Waals surface area contributed by atoms with E-state index in [1.165, 1.54) is 19.1 Å². The van der Waals surface area contributed by atoms with Crippen molar-refractivity contribution in [3.05, 3.63) is 88.9 Å². The summed E-state index contributed by atoms with van der Waals surface area (Å²) in [5, 5.41) is 14.9. The monoisotopic (exact) mass is 539 g/mol. The number of amides is 1. The number of carbonyl (C=O) groups is 1. The molecule has 1 amide bonds. The van der Waals surface area contributed by atoms with Gasteiger partial charge in [-0.05, 0) is 48.6 Å². The van der Waals surface area contributed by atoms with Gasteiger partial charge in [0, 0.05) is 37.8 Å². The van der Waals surface area contributed by atoms with Crippen molar-refractivity contribution < 1.29 is 23.1 Å². The molecule has 1 fully saturated rings. The van der Waals surface area contributed by atoms with Crippen molar-refractivity contribution in [1.29, 1.82) is 0 Å². The number of nitrogens with two attached hydrogens (primary N) is 1. The fourth-order valence-corrected chi connectivity index (χ4v) is 5.55. The molecule has 0 aliphatic carbocycles. The highest BCUT2D eigenvalue weighted by Gasteiger charge is 2.40. The summed E-state index contributed by atoms with van der Waals surface area (Å²) in [6, 6.07) is 11.8. The summed E-state index contributed by atoms with van der Waals surface area (Å²) in [7, 11) is 0. The lowest BCUT2D eigenvalue weighted by Crippen LogP contribution is -2.47. The number of nitrogens with one attached hydrogen (secondary N) is 1. The third-order valence-corrected chi connectivity index (χ3v) is 7.86. The number of aliphatic imine (C=N–C) groups is 1. The summed E-state index contributed by atoms with van der Waals surface area (Å²) in [5.41, 5.74) is 6.75. The van der Waals surface area contributed by atoms with Crippen LogP contribution < -0.4 is 11.1 Å². The van der Waals surface area contributed by atoms with Gasteiger partial charge in [-0.25, -0.2) is 4.99 Å². The Kier molecular flexibility index (Phi) is 6.92. The molecule has 1 saturated heterocycles. The summed E-state index contributed by atoms with van der Waals surface area (Å²) in [6.45, 7) is 4.98. The molecule has 3 aliphatic rings.